The van der Waals surface area contributed by atoms with Gasteiger partial charge in [0.1, 0.15) is 5.75 Å². The highest BCUT2D eigenvalue weighted by Crippen LogP contribution is 2.30. The Kier molecular flexibility index (Phi) is 5.39. The Hall–Kier alpha value is -3.61. The van der Waals surface area contributed by atoms with Crippen molar-refractivity contribution in [3.05, 3.63) is 82.2 Å². The van der Waals surface area contributed by atoms with Gasteiger partial charge in [-0.05, 0) is 48.6 Å². The number of carbonyl (C=O) groups excluding carboxylic acids is 2. The van der Waals surface area contributed by atoms with Gasteiger partial charge < -0.3 is 15.0 Å². The van der Waals surface area contributed by atoms with Gasteiger partial charge in [0.2, 0.25) is 0 Å². The van der Waals surface area contributed by atoms with E-state index < -0.39 is 0 Å². The number of nitrogens with one attached hydrogen (secondary N) is 2. The third-order valence-electron chi connectivity index (χ3n) is 6.43. The van der Waals surface area contributed by atoms with Crippen molar-refractivity contribution in [2.75, 3.05) is 13.7 Å². The summed E-state index contributed by atoms with van der Waals surface area (Å²) in [5, 5.41) is 10.5. The number of methoxy groups -OCH3 is 1. The fourth-order valence-electron chi connectivity index (χ4n) is 4.73. The average molecular weight is 431 g/mol. The lowest BCUT2D eigenvalue weighted by Gasteiger charge is -2.28. The summed E-state index contributed by atoms with van der Waals surface area (Å²) in [5.74, 6) is 0.368. The molecule has 1 atom stereocenters. The molecular formula is C25H26N4O3. The number of amides is 2. The highest BCUT2D eigenvalue weighted by Gasteiger charge is 2.30. The number of aromatic nitrogens is 2. The Bertz CT molecular complexity index is 1170. The number of carbonyl (C=O) groups is 2. The molecule has 2 heterocycles. The standard InChI is InChI=1S/C25H26N4O3/c1-32-18-9-4-8-17(14-18)25(31)29-13-12-22-20(15-29)23(28-27-22)24(30)26-21-11-5-7-16-6-2-3-10-19(16)21/h2-4,6,8-10,14,21H,5,7,11-13,15H2,1H3,(H,26,30)(H,27,28)/t21-/m1/s1. The van der Waals surface area contributed by atoms with E-state index in [1.807, 2.05) is 18.2 Å². The topological polar surface area (TPSA) is 87.3 Å². The number of nitrogens with zero attached hydrogens (tertiary/aromatic N) is 2. The third-order valence-corrected chi connectivity index (χ3v) is 6.43. The van der Waals surface area contributed by atoms with Crippen molar-refractivity contribution in [3.63, 3.8) is 0 Å². The first-order valence-electron chi connectivity index (χ1n) is 11.0. The van der Waals surface area contributed by atoms with Crippen LogP contribution in [0, 0.1) is 0 Å². The van der Waals surface area contributed by atoms with Gasteiger partial charge in [0.25, 0.3) is 11.8 Å². The summed E-state index contributed by atoms with van der Waals surface area (Å²) in [6.07, 6.45) is 3.64. The van der Waals surface area contributed by atoms with E-state index in [0.29, 0.717) is 36.5 Å². The maximum absolute atomic E-state index is 13.2. The molecule has 0 fully saturated rings. The zero-order valence-electron chi connectivity index (χ0n) is 18.1. The van der Waals surface area contributed by atoms with Gasteiger partial charge in [0, 0.05) is 29.8 Å². The fourth-order valence-corrected chi connectivity index (χ4v) is 4.73. The van der Waals surface area contributed by atoms with E-state index in [9.17, 15) is 9.59 Å². The van der Waals surface area contributed by atoms with E-state index in [1.54, 1.807) is 30.2 Å². The summed E-state index contributed by atoms with van der Waals surface area (Å²) in [6, 6.07) is 15.4. The van der Waals surface area contributed by atoms with Crippen LogP contribution in [0.25, 0.3) is 0 Å². The molecule has 0 unspecified atom stereocenters. The fraction of sp³-hybridized carbons (Fsp3) is 0.320. The van der Waals surface area contributed by atoms with Crippen LogP contribution in [-0.4, -0.2) is 40.6 Å². The predicted molar refractivity (Wildman–Crippen MR) is 120 cm³/mol. The second kappa shape index (κ2) is 8.49. The molecule has 0 saturated heterocycles. The van der Waals surface area contributed by atoms with Crippen LogP contribution in [0.1, 0.15) is 62.1 Å². The van der Waals surface area contributed by atoms with Crippen molar-refractivity contribution >= 4 is 11.8 Å². The maximum atomic E-state index is 13.2. The van der Waals surface area contributed by atoms with Crippen LogP contribution < -0.4 is 10.1 Å². The van der Waals surface area contributed by atoms with E-state index >= 15 is 0 Å². The number of rotatable bonds is 4. The van der Waals surface area contributed by atoms with Gasteiger partial charge in [0.15, 0.2) is 5.69 Å². The molecule has 164 valence electrons. The Morgan fingerprint density at radius 1 is 1.16 bits per heavy atom. The normalized spacial score (nSPS) is 17.3. The van der Waals surface area contributed by atoms with Crippen molar-refractivity contribution in [1.29, 1.82) is 0 Å². The summed E-state index contributed by atoms with van der Waals surface area (Å²) in [5.41, 5.74) is 5.16. The molecule has 1 aliphatic carbocycles. The van der Waals surface area contributed by atoms with Gasteiger partial charge in [0.05, 0.1) is 19.7 Å². The maximum Gasteiger partial charge on any atom is 0.272 e. The molecule has 32 heavy (non-hydrogen) atoms. The molecule has 1 aliphatic heterocycles. The van der Waals surface area contributed by atoms with E-state index in [0.717, 1.165) is 30.5 Å². The summed E-state index contributed by atoms with van der Waals surface area (Å²) in [6.45, 7) is 0.925. The number of aryl methyl sites for hydroxylation is 1. The summed E-state index contributed by atoms with van der Waals surface area (Å²) in [4.78, 5) is 28.0. The lowest BCUT2D eigenvalue weighted by molar-refractivity contribution is 0.0730. The predicted octanol–water partition coefficient (Wildman–Crippen LogP) is 3.42. The minimum atomic E-state index is -0.195. The number of hydrogen-bond acceptors (Lipinski definition) is 4. The van der Waals surface area contributed by atoms with Crippen molar-refractivity contribution < 1.29 is 14.3 Å². The number of benzene rings is 2. The van der Waals surface area contributed by atoms with Gasteiger partial charge in [-0.25, -0.2) is 0 Å². The monoisotopic (exact) mass is 430 g/mol. The van der Waals surface area contributed by atoms with Gasteiger partial charge in [-0.2, -0.15) is 5.10 Å². The molecule has 7 heteroatoms. The lowest BCUT2D eigenvalue weighted by atomic mass is 9.87. The van der Waals surface area contributed by atoms with E-state index in [-0.39, 0.29) is 17.9 Å². The van der Waals surface area contributed by atoms with E-state index in [1.165, 1.54) is 11.1 Å². The van der Waals surface area contributed by atoms with Crippen molar-refractivity contribution in [3.8, 4) is 5.75 Å². The molecule has 1 aromatic heterocycles. The molecule has 0 spiro atoms. The molecule has 2 amide bonds. The van der Waals surface area contributed by atoms with Crippen LogP contribution in [0.2, 0.25) is 0 Å². The first kappa shape index (κ1) is 20.3. The molecule has 2 aromatic carbocycles. The zero-order chi connectivity index (χ0) is 22.1. The molecule has 2 N–H and O–H groups in total. The smallest absolute Gasteiger partial charge is 0.272 e. The summed E-state index contributed by atoms with van der Waals surface area (Å²) in [7, 11) is 1.58. The third kappa shape index (κ3) is 3.75. The SMILES string of the molecule is COc1cccc(C(=O)N2CCc3[nH]nc(C(=O)N[C@@H]4CCCc5ccccc54)c3C2)c1. The Morgan fingerprint density at radius 2 is 2.03 bits per heavy atom. The highest BCUT2D eigenvalue weighted by molar-refractivity contribution is 5.96. The van der Waals surface area contributed by atoms with E-state index in [2.05, 4.69) is 27.6 Å². The first-order valence-corrected chi connectivity index (χ1v) is 11.0. The number of aromatic amines is 1. The number of H-pyrrole nitrogens is 1. The van der Waals surface area contributed by atoms with Gasteiger partial charge in [-0.1, -0.05) is 30.3 Å². The molecule has 0 radical (unpaired) electrons. The number of fused-ring (bicyclic) bond motifs is 2. The van der Waals surface area contributed by atoms with Crippen LogP contribution in [0.5, 0.6) is 5.75 Å². The van der Waals surface area contributed by atoms with Crippen molar-refractivity contribution in [1.82, 2.24) is 20.4 Å². The van der Waals surface area contributed by atoms with Crippen LogP contribution in [-0.2, 0) is 19.4 Å². The van der Waals surface area contributed by atoms with E-state index in [4.69, 9.17) is 4.74 Å². The lowest BCUT2D eigenvalue weighted by Crippen LogP contribution is -2.37. The minimum Gasteiger partial charge on any atom is -0.497 e. The zero-order valence-corrected chi connectivity index (χ0v) is 18.1. The number of ether oxygens (including phenoxy) is 1. The van der Waals surface area contributed by atoms with Crippen LogP contribution in [0.4, 0.5) is 0 Å². The average Bonchev–Trinajstić information content (AvgIpc) is 3.27. The second-order valence-electron chi connectivity index (χ2n) is 8.36. The highest BCUT2D eigenvalue weighted by atomic mass is 16.5. The van der Waals surface area contributed by atoms with Crippen molar-refractivity contribution in [2.45, 2.75) is 38.3 Å². The quantitative estimate of drug-likeness (QED) is 0.664. The molecular weight excluding hydrogens is 404 g/mol. The van der Waals surface area contributed by atoms with Gasteiger partial charge in [-0.3, -0.25) is 14.7 Å². The van der Waals surface area contributed by atoms with Crippen LogP contribution >= 0.6 is 0 Å². The molecule has 0 bridgehead atoms. The molecule has 2 aliphatic rings. The largest absolute Gasteiger partial charge is 0.497 e. The molecule has 7 nitrogen and oxygen atoms in total. The Labute approximate surface area is 186 Å². The van der Waals surface area contributed by atoms with Crippen molar-refractivity contribution in [2.24, 2.45) is 0 Å². The molecule has 5 rings (SSSR count). The number of hydrogen-bond donors (Lipinski definition) is 2. The molecule has 0 saturated carbocycles. The summed E-state index contributed by atoms with van der Waals surface area (Å²) < 4.78 is 5.25. The van der Waals surface area contributed by atoms with Gasteiger partial charge >= 0.3 is 0 Å². The second-order valence-corrected chi connectivity index (χ2v) is 8.36. The van der Waals surface area contributed by atoms with Crippen LogP contribution in [0.15, 0.2) is 48.5 Å². The summed E-state index contributed by atoms with van der Waals surface area (Å²) >= 11 is 0. The Balaban J connectivity index is 1.34. The minimum absolute atomic E-state index is 0.0158. The Morgan fingerprint density at radius 3 is 2.91 bits per heavy atom. The van der Waals surface area contributed by atoms with Crippen LogP contribution in [0.3, 0.4) is 0 Å². The van der Waals surface area contributed by atoms with Gasteiger partial charge in [-0.15, -0.1) is 0 Å². The first-order chi connectivity index (χ1) is 15.6. The molecule has 3 aromatic rings.